The van der Waals surface area contributed by atoms with Crippen molar-refractivity contribution in [2.45, 2.75) is 4.90 Å². The van der Waals surface area contributed by atoms with E-state index >= 15 is 0 Å². The number of hydrogen-bond donors (Lipinski definition) is 1. The van der Waals surface area contributed by atoms with Gasteiger partial charge in [-0.05, 0) is 42.5 Å². The predicted molar refractivity (Wildman–Crippen MR) is 87.5 cm³/mol. The lowest BCUT2D eigenvalue weighted by atomic mass is 10.1. The molecule has 0 amide bonds. The van der Waals surface area contributed by atoms with Crippen molar-refractivity contribution in [2.24, 2.45) is 5.14 Å². The van der Waals surface area contributed by atoms with E-state index in [1.807, 2.05) is 0 Å². The van der Waals surface area contributed by atoms with Gasteiger partial charge in [-0.1, -0.05) is 23.7 Å². The largest absolute Gasteiger partial charge is 0.315 e. The molecule has 3 rings (SSSR count). The number of halogens is 2. The van der Waals surface area contributed by atoms with Gasteiger partial charge in [-0.3, -0.25) is 0 Å². The highest BCUT2D eigenvalue weighted by Gasteiger charge is 2.17. The fourth-order valence-electron chi connectivity index (χ4n) is 2.38. The van der Waals surface area contributed by atoms with Gasteiger partial charge in [0.25, 0.3) is 0 Å². The molecule has 0 radical (unpaired) electrons. The first kappa shape index (κ1) is 15.7. The van der Waals surface area contributed by atoms with Crippen LogP contribution in [0.5, 0.6) is 0 Å². The second-order valence-corrected chi connectivity index (χ2v) is 6.84. The van der Waals surface area contributed by atoms with E-state index in [2.05, 4.69) is 0 Å². The van der Waals surface area contributed by atoms with Crippen LogP contribution in [-0.4, -0.2) is 13.0 Å². The van der Waals surface area contributed by atoms with E-state index < -0.39 is 15.8 Å². The van der Waals surface area contributed by atoms with E-state index in [4.69, 9.17) is 16.7 Å². The van der Waals surface area contributed by atoms with Crippen LogP contribution in [0.1, 0.15) is 0 Å². The maximum atomic E-state index is 13.3. The molecule has 118 valence electrons. The molecule has 2 aromatic carbocycles. The first-order valence-corrected chi connectivity index (χ1v) is 8.55. The smallest absolute Gasteiger partial charge is 0.240 e. The van der Waals surface area contributed by atoms with Gasteiger partial charge in [0, 0.05) is 11.8 Å². The molecule has 0 bridgehead atoms. The Bertz CT molecular complexity index is 983. The van der Waals surface area contributed by atoms with E-state index in [1.54, 1.807) is 47.2 Å². The normalized spacial score (nSPS) is 11.6. The van der Waals surface area contributed by atoms with Crippen molar-refractivity contribution in [3.05, 3.63) is 71.6 Å². The van der Waals surface area contributed by atoms with Gasteiger partial charge in [-0.25, -0.2) is 17.9 Å². The van der Waals surface area contributed by atoms with Crippen molar-refractivity contribution in [2.75, 3.05) is 0 Å². The first-order valence-electron chi connectivity index (χ1n) is 6.63. The minimum Gasteiger partial charge on any atom is -0.315 e. The number of nitrogens with zero attached hydrogens (tertiary/aromatic N) is 1. The second kappa shape index (κ2) is 5.81. The summed E-state index contributed by atoms with van der Waals surface area (Å²) in [5, 5.41) is 5.28. The van der Waals surface area contributed by atoms with Crippen molar-refractivity contribution in [3.63, 3.8) is 0 Å². The number of para-hydroxylation sites is 1. The lowest BCUT2D eigenvalue weighted by Gasteiger charge is -2.13. The van der Waals surface area contributed by atoms with Crippen LogP contribution in [0.3, 0.4) is 0 Å². The third-order valence-corrected chi connectivity index (χ3v) is 4.64. The van der Waals surface area contributed by atoms with E-state index in [1.165, 1.54) is 18.2 Å². The van der Waals surface area contributed by atoms with Crippen molar-refractivity contribution in [1.82, 2.24) is 4.57 Å². The molecule has 7 heteroatoms. The molecule has 0 aliphatic carbocycles. The standard InChI is InChI=1S/C16H12ClFN2O2S/c17-12-10-11(7-8-13(12)18)14-5-3-9-20(14)15-4-1-2-6-16(15)23(19,21)22/h1-10H,(H2,19,21,22). The Hall–Kier alpha value is -2.15. The molecule has 4 nitrogen and oxygen atoms in total. The highest BCUT2D eigenvalue weighted by Crippen LogP contribution is 2.29. The molecule has 23 heavy (non-hydrogen) atoms. The molecule has 3 aromatic rings. The summed E-state index contributed by atoms with van der Waals surface area (Å²) in [6, 6.07) is 14.3. The fourth-order valence-corrected chi connectivity index (χ4v) is 3.29. The molecule has 0 saturated heterocycles. The van der Waals surface area contributed by atoms with Gasteiger partial charge in [0.05, 0.1) is 16.4 Å². The van der Waals surface area contributed by atoms with Crippen LogP contribution >= 0.6 is 11.6 Å². The second-order valence-electron chi connectivity index (χ2n) is 4.91. The van der Waals surface area contributed by atoms with Crippen LogP contribution in [0.25, 0.3) is 16.9 Å². The molecule has 0 saturated carbocycles. The summed E-state index contributed by atoms with van der Waals surface area (Å²) in [5.41, 5.74) is 1.74. The Morgan fingerprint density at radius 3 is 2.48 bits per heavy atom. The van der Waals surface area contributed by atoms with Crippen LogP contribution in [0.15, 0.2) is 65.7 Å². The average molecular weight is 351 g/mol. The Labute approximate surface area is 138 Å². The minimum atomic E-state index is -3.88. The van der Waals surface area contributed by atoms with Crippen LogP contribution < -0.4 is 5.14 Å². The Morgan fingerprint density at radius 2 is 1.78 bits per heavy atom. The molecule has 0 aliphatic rings. The van der Waals surface area contributed by atoms with Gasteiger partial charge < -0.3 is 4.57 Å². The van der Waals surface area contributed by atoms with Crippen LogP contribution in [0.2, 0.25) is 5.02 Å². The van der Waals surface area contributed by atoms with Gasteiger partial charge in [0.1, 0.15) is 10.7 Å². The molecule has 1 aromatic heterocycles. The molecule has 2 N–H and O–H groups in total. The summed E-state index contributed by atoms with van der Waals surface area (Å²) in [7, 11) is -3.88. The quantitative estimate of drug-likeness (QED) is 0.784. The van der Waals surface area contributed by atoms with Crippen LogP contribution in [0.4, 0.5) is 4.39 Å². The van der Waals surface area contributed by atoms with Crippen molar-refractivity contribution >= 4 is 21.6 Å². The minimum absolute atomic E-state index is 0.00465. The van der Waals surface area contributed by atoms with Gasteiger partial charge in [0.15, 0.2) is 0 Å². The summed E-state index contributed by atoms with van der Waals surface area (Å²) in [4.78, 5) is 0.00524. The predicted octanol–water partition coefficient (Wildman–Crippen LogP) is 3.58. The molecule has 0 aliphatic heterocycles. The number of hydrogen-bond acceptors (Lipinski definition) is 2. The fraction of sp³-hybridized carbons (Fsp3) is 0. The van der Waals surface area contributed by atoms with Crippen molar-refractivity contribution < 1.29 is 12.8 Å². The number of nitrogens with two attached hydrogens (primary N) is 1. The summed E-state index contributed by atoms with van der Waals surface area (Å²) in [6.45, 7) is 0. The topological polar surface area (TPSA) is 65.1 Å². The first-order chi connectivity index (χ1) is 10.9. The third kappa shape index (κ3) is 3.01. The van der Waals surface area contributed by atoms with E-state index in [-0.39, 0.29) is 9.92 Å². The van der Waals surface area contributed by atoms with Crippen molar-refractivity contribution in [1.29, 1.82) is 0 Å². The molecule has 0 spiro atoms. The SMILES string of the molecule is NS(=O)(=O)c1ccccc1-n1cccc1-c1ccc(F)c(Cl)c1. The molecule has 1 heterocycles. The zero-order chi connectivity index (χ0) is 16.6. The molecular formula is C16H12ClFN2O2S. The number of primary sulfonamides is 1. The summed E-state index contributed by atoms with van der Waals surface area (Å²) < 4.78 is 38.6. The maximum Gasteiger partial charge on any atom is 0.240 e. The van der Waals surface area contributed by atoms with Crippen LogP contribution in [0, 0.1) is 5.82 Å². The highest BCUT2D eigenvalue weighted by atomic mass is 35.5. The van der Waals surface area contributed by atoms with E-state index in [0.29, 0.717) is 16.9 Å². The Balaban J connectivity index is 2.22. The number of benzene rings is 2. The summed E-state index contributed by atoms with van der Waals surface area (Å²) in [5.74, 6) is -0.515. The highest BCUT2D eigenvalue weighted by molar-refractivity contribution is 7.89. The zero-order valence-corrected chi connectivity index (χ0v) is 13.4. The molecule has 0 fully saturated rings. The number of aromatic nitrogens is 1. The van der Waals surface area contributed by atoms with Gasteiger partial charge in [0.2, 0.25) is 10.0 Å². The van der Waals surface area contributed by atoms with Gasteiger partial charge >= 0.3 is 0 Å². The Kier molecular flexibility index (Phi) is 3.97. The number of rotatable bonds is 3. The third-order valence-electron chi connectivity index (χ3n) is 3.40. The molecule has 0 atom stereocenters. The lowest BCUT2D eigenvalue weighted by molar-refractivity contribution is 0.597. The molecule has 0 unspecified atom stereocenters. The maximum absolute atomic E-state index is 13.3. The van der Waals surface area contributed by atoms with Gasteiger partial charge in [-0.2, -0.15) is 0 Å². The van der Waals surface area contributed by atoms with E-state index in [0.717, 1.165) is 0 Å². The van der Waals surface area contributed by atoms with E-state index in [9.17, 15) is 12.8 Å². The summed E-state index contributed by atoms with van der Waals surface area (Å²) >= 11 is 5.83. The van der Waals surface area contributed by atoms with Crippen LogP contribution in [-0.2, 0) is 10.0 Å². The zero-order valence-electron chi connectivity index (χ0n) is 11.8. The molecular weight excluding hydrogens is 339 g/mol. The average Bonchev–Trinajstić information content (AvgIpc) is 2.98. The number of sulfonamides is 1. The lowest BCUT2D eigenvalue weighted by Crippen LogP contribution is -2.15. The van der Waals surface area contributed by atoms with Gasteiger partial charge in [-0.15, -0.1) is 0 Å². The summed E-state index contributed by atoms with van der Waals surface area (Å²) in [6.07, 6.45) is 1.70. The monoisotopic (exact) mass is 350 g/mol. The Morgan fingerprint density at radius 1 is 1.04 bits per heavy atom. The van der Waals surface area contributed by atoms with Crippen molar-refractivity contribution in [3.8, 4) is 16.9 Å².